The molecule has 0 N–H and O–H groups in total. The predicted molar refractivity (Wildman–Crippen MR) is 44.5 cm³/mol. The van der Waals surface area contributed by atoms with Crippen molar-refractivity contribution < 1.29 is 4.92 Å². The van der Waals surface area contributed by atoms with Crippen molar-refractivity contribution in [1.29, 1.82) is 0 Å². The molecule has 0 bridgehead atoms. The van der Waals surface area contributed by atoms with E-state index in [0.29, 0.717) is 0 Å². The second-order valence-electron chi connectivity index (χ2n) is 1.57. The Bertz CT molecular complexity index is 211. The van der Waals surface area contributed by atoms with Crippen LogP contribution in [0.5, 0.6) is 0 Å². The molecule has 60 valence electrons. The lowest BCUT2D eigenvalue weighted by atomic mass is 10.4. The summed E-state index contributed by atoms with van der Waals surface area (Å²) < 4.78 is 0. The SMILES string of the molecule is C=N/C=C\C=C(/CCl)[N+](=O)[O-]. The monoisotopic (exact) mass is 174 g/mol. The summed E-state index contributed by atoms with van der Waals surface area (Å²) in [5.41, 5.74) is -0.0634. The first-order valence-electron chi connectivity index (χ1n) is 2.74. The molecule has 0 aliphatic heterocycles. The maximum absolute atomic E-state index is 10.1. The van der Waals surface area contributed by atoms with Gasteiger partial charge in [0.25, 0.3) is 5.70 Å². The summed E-state index contributed by atoms with van der Waals surface area (Å²) in [5.74, 6) is -0.117. The van der Waals surface area contributed by atoms with E-state index >= 15 is 0 Å². The van der Waals surface area contributed by atoms with E-state index in [9.17, 15) is 10.1 Å². The largest absolute Gasteiger partial charge is 0.273 e. The van der Waals surface area contributed by atoms with Crippen molar-refractivity contribution in [3.63, 3.8) is 0 Å². The van der Waals surface area contributed by atoms with Crippen molar-refractivity contribution >= 4 is 18.3 Å². The molecule has 0 radical (unpaired) electrons. The van der Waals surface area contributed by atoms with Crippen LogP contribution in [0.4, 0.5) is 0 Å². The number of aliphatic imine (C=N–C) groups is 1. The molecule has 0 aromatic heterocycles. The van der Waals surface area contributed by atoms with Gasteiger partial charge in [-0.3, -0.25) is 15.1 Å². The van der Waals surface area contributed by atoms with Gasteiger partial charge in [-0.05, 0) is 12.8 Å². The zero-order valence-electron chi connectivity index (χ0n) is 5.74. The molecule has 4 nitrogen and oxygen atoms in total. The molecule has 0 saturated heterocycles. The van der Waals surface area contributed by atoms with Gasteiger partial charge in [0, 0.05) is 12.3 Å². The van der Waals surface area contributed by atoms with Gasteiger partial charge in [0.1, 0.15) is 5.88 Å². The van der Waals surface area contributed by atoms with E-state index in [1.54, 1.807) is 0 Å². The highest BCUT2D eigenvalue weighted by Gasteiger charge is 2.04. The Morgan fingerprint density at radius 2 is 2.45 bits per heavy atom. The van der Waals surface area contributed by atoms with Crippen molar-refractivity contribution in [2.75, 3.05) is 5.88 Å². The summed E-state index contributed by atoms with van der Waals surface area (Å²) in [7, 11) is 0. The molecule has 0 heterocycles. The molecule has 0 rings (SSSR count). The Morgan fingerprint density at radius 3 is 2.82 bits per heavy atom. The van der Waals surface area contributed by atoms with Gasteiger partial charge in [-0.15, -0.1) is 11.6 Å². The minimum Gasteiger partial charge on any atom is -0.273 e. The number of nitro groups is 1. The van der Waals surface area contributed by atoms with E-state index in [0.717, 1.165) is 0 Å². The molecule has 5 heteroatoms. The van der Waals surface area contributed by atoms with Gasteiger partial charge in [0.2, 0.25) is 0 Å². The van der Waals surface area contributed by atoms with Crippen molar-refractivity contribution in [2.45, 2.75) is 0 Å². The first-order chi connectivity index (χ1) is 5.22. The van der Waals surface area contributed by atoms with E-state index < -0.39 is 4.92 Å². The molecule has 0 unspecified atom stereocenters. The number of allylic oxidation sites excluding steroid dienone is 3. The fourth-order valence-corrected chi connectivity index (χ4v) is 0.556. The lowest BCUT2D eigenvalue weighted by Crippen LogP contribution is -1.98. The minimum atomic E-state index is -0.541. The fraction of sp³-hybridized carbons (Fsp3) is 0.167. The number of rotatable bonds is 4. The highest BCUT2D eigenvalue weighted by Crippen LogP contribution is 1.98. The van der Waals surface area contributed by atoms with Gasteiger partial charge in [0.15, 0.2) is 0 Å². The maximum atomic E-state index is 10.1. The molecular formula is C6H7ClN2O2. The van der Waals surface area contributed by atoms with Crippen molar-refractivity contribution in [3.8, 4) is 0 Å². The van der Waals surface area contributed by atoms with E-state index in [4.69, 9.17) is 11.6 Å². The summed E-state index contributed by atoms with van der Waals surface area (Å²) in [6.07, 6.45) is 4.03. The summed E-state index contributed by atoms with van der Waals surface area (Å²) >= 11 is 5.25. The topological polar surface area (TPSA) is 55.5 Å². The zero-order valence-corrected chi connectivity index (χ0v) is 6.49. The van der Waals surface area contributed by atoms with E-state index in [2.05, 4.69) is 11.7 Å². The van der Waals surface area contributed by atoms with Crippen LogP contribution in [0.15, 0.2) is 29.0 Å². The Morgan fingerprint density at radius 1 is 1.82 bits per heavy atom. The third-order valence-electron chi connectivity index (χ3n) is 0.852. The van der Waals surface area contributed by atoms with E-state index in [1.807, 2.05) is 0 Å². The van der Waals surface area contributed by atoms with E-state index in [-0.39, 0.29) is 11.6 Å². The molecule has 0 aromatic rings. The predicted octanol–water partition coefficient (Wildman–Crippen LogP) is 1.60. The zero-order chi connectivity index (χ0) is 8.69. The summed E-state index contributed by atoms with van der Waals surface area (Å²) in [6, 6.07) is 0. The molecule has 11 heavy (non-hydrogen) atoms. The number of halogens is 1. The first-order valence-corrected chi connectivity index (χ1v) is 3.27. The fourth-order valence-electron chi connectivity index (χ4n) is 0.369. The van der Waals surface area contributed by atoms with Crippen LogP contribution in [0.1, 0.15) is 0 Å². The number of hydrogen-bond donors (Lipinski definition) is 0. The van der Waals surface area contributed by atoms with Crippen LogP contribution in [-0.2, 0) is 0 Å². The molecule has 0 aromatic carbocycles. The molecule has 0 aliphatic carbocycles. The summed E-state index contributed by atoms with van der Waals surface area (Å²) in [4.78, 5) is 12.9. The van der Waals surface area contributed by atoms with Crippen molar-refractivity contribution in [1.82, 2.24) is 0 Å². The number of hydrogen-bond acceptors (Lipinski definition) is 3. The molecule has 0 spiro atoms. The van der Waals surface area contributed by atoms with Gasteiger partial charge < -0.3 is 0 Å². The van der Waals surface area contributed by atoms with Crippen LogP contribution in [0.3, 0.4) is 0 Å². The quantitative estimate of drug-likeness (QED) is 0.214. The normalized spacial score (nSPS) is 11.9. The molecule has 0 atom stereocenters. The Hall–Kier alpha value is -1.16. The Labute approximate surface area is 69.0 Å². The highest BCUT2D eigenvalue weighted by atomic mass is 35.5. The standard InChI is InChI=1S/C6H7ClN2O2/c1-8-4-2-3-6(5-7)9(10)11/h2-4H,1,5H2/b4-2-,6-3+. The van der Waals surface area contributed by atoms with Crippen LogP contribution in [0.2, 0.25) is 0 Å². The Kier molecular flexibility index (Phi) is 5.02. The second-order valence-corrected chi connectivity index (χ2v) is 1.84. The average Bonchev–Trinajstić information content (AvgIpc) is 1.97. The lowest BCUT2D eigenvalue weighted by molar-refractivity contribution is -0.423. The number of nitrogens with zero attached hydrogens (tertiary/aromatic N) is 2. The van der Waals surface area contributed by atoms with Gasteiger partial charge in [-0.2, -0.15) is 0 Å². The second kappa shape index (κ2) is 5.61. The molecule has 0 amide bonds. The minimum absolute atomic E-state index is 0.0634. The molecule has 0 fully saturated rings. The van der Waals surface area contributed by atoms with Gasteiger partial charge in [-0.1, -0.05) is 0 Å². The van der Waals surface area contributed by atoms with Crippen molar-refractivity contribution in [2.24, 2.45) is 4.99 Å². The summed E-state index contributed by atoms with van der Waals surface area (Å²) in [5, 5.41) is 10.1. The van der Waals surface area contributed by atoms with Crippen LogP contribution in [0, 0.1) is 10.1 Å². The van der Waals surface area contributed by atoms with Crippen LogP contribution in [-0.4, -0.2) is 17.5 Å². The third kappa shape index (κ3) is 4.27. The summed E-state index contributed by atoms with van der Waals surface area (Å²) in [6.45, 7) is 3.16. The van der Waals surface area contributed by atoms with Gasteiger partial charge in [-0.25, -0.2) is 0 Å². The number of alkyl halides is 1. The van der Waals surface area contributed by atoms with Gasteiger partial charge >= 0.3 is 0 Å². The first kappa shape index (κ1) is 9.84. The van der Waals surface area contributed by atoms with E-state index in [1.165, 1.54) is 18.4 Å². The maximum Gasteiger partial charge on any atom is 0.260 e. The highest BCUT2D eigenvalue weighted by molar-refractivity contribution is 6.19. The van der Waals surface area contributed by atoms with Crippen LogP contribution in [0.25, 0.3) is 0 Å². The lowest BCUT2D eigenvalue weighted by Gasteiger charge is -1.87. The van der Waals surface area contributed by atoms with Crippen molar-refractivity contribution in [3.05, 3.63) is 34.2 Å². The van der Waals surface area contributed by atoms with Crippen LogP contribution >= 0.6 is 11.6 Å². The van der Waals surface area contributed by atoms with Crippen LogP contribution < -0.4 is 0 Å². The van der Waals surface area contributed by atoms with Gasteiger partial charge in [0.05, 0.1) is 4.92 Å². The Balaban J connectivity index is 4.23. The third-order valence-corrected chi connectivity index (χ3v) is 1.13. The average molecular weight is 175 g/mol. The molecule has 0 aliphatic rings. The molecular weight excluding hydrogens is 168 g/mol. The molecule has 0 saturated carbocycles. The smallest absolute Gasteiger partial charge is 0.260 e.